The Morgan fingerprint density at radius 1 is 1.22 bits per heavy atom. The van der Waals surface area contributed by atoms with E-state index in [-0.39, 0.29) is 5.75 Å². The van der Waals surface area contributed by atoms with Crippen molar-refractivity contribution in [2.45, 2.75) is 6.92 Å². The summed E-state index contributed by atoms with van der Waals surface area (Å²) < 4.78 is 5.12. The monoisotopic (exact) mass is 304 g/mol. The minimum Gasteiger partial charge on any atom is -0.507 e. The molecule has 0 aliphatic rings. The Morgan fingerprint density at radius 3 is 2.70 bits per heavy atom. The Hall–Kier alpha value is -3.25. The van der Waals surface area contributed by atoms with Crippen molar-refractivity contribution in [1.29, 1.82) is 0 Å². The van der Waals surface area contributed by atoms with E-state index in [9.17, 15) is 9.90 Å². The molecule has 0 atom stereocenters. The van der Waals surface area contributed by atoms with Crippen molar-refractivity contribution in [2.75, 3.05) is 0 Å². The van der Waals surface area contributed by atoms with Crippen molar-refractivity contribution >= 4 is 17.3 Å². The van der Waals surface area contributed by atoms with E-state index >= 15 is 0 Å². The van der Waals surface area contributed by atoms with Crippen LogP contribution in [-0.2, 0) is 0 Å². The first-order valence-corrected chi connectivity index (χ1v) is 6.98. The number of carbonyl (C=O) groups is 1. The highest BCUT2D eigenvalue weighted by Crippen LogP contribution is 2.16. The molecule has 0 saturated heterocycles. The van der Waals surface area contributed by atoms with Gasteiger partial charge in [0.2, 0.25) is 0 Å². The van der Waals surface area contributed by atoms with Crippen LogP contribution in [0, 0.1) is 11.8 Å². The lowest BCUT2D eigenvalue weighted by atomic mass is 10.1. The number of rotatable bonds is 1. The van der Waals surface area contributed by atoms with Crippen molar-refractivity contribution in [3.63, 3.8) is 0 Å². The predicted octanol–water partition coefficient (Wildman–Crippen LogP) is 4.57. The average molecular weight is 304 g/mol. The summed E-state index contributed by atoms with van der Waals surface area (Å²) in [4.78, 5) is 10.5. The highest BCUT2D eigenvalue weighted by atomic mass is 16.3. The van der Waals surface area contributed by atoms with Crippen LogP contribution < -0.4 is 0 Å². The molecule has 3 rings (SSSR count). The number of hydrogen-bond acceptors (Lipinski definition) is 3. The Bertz CT molecular complexity index is 862. The molecule has 114 valence electrons. The van der Waals surface area contributed by atoms with E-state index in [1.165, 1.54) is 18.2 Å². The number of aromatic hydroxyl groups is 1. The number of fused-ring (bicyclic) bond motifs is 1. The SMILES string of the molecule is C=C(C)C#Cc1cc(C=O)ccc1O.c1ccc2occc2c1. The van der Waals surface area contributed by atoms with Crippen LogP contribution in [0.25, 0.3) is 11.0 Å². The van der Waals surface area contributed by atoms with Gasteiger partial charge in [-0.05, 0) is 42.8 Å². The van der Waals surface area contributed by atoms with Gasteiger partial charge in [0.25, 0.3) is 0 Å². The van der Waals surface area contributed by atoms with E-state index in [0.29, 0.717) is 23.0 Å². The number of allylic oxidation sites excluding steroid dienone is 1. The molecule has 0 aliphatic heterocycles. The molecule has 1 aromatic heterocycles. The van der Waals surface area contributed by atoms with Gasteiger partial charge in [-0.25, -0.2) is 0 Å². The minimum absolute atomic E-state index is 0.0735. The molecule has 0 radical (unpaired) electrons. The molecule has 0 unspecified atom stereocenters. The van der Waals surface area contributed by atoms with E-state index in [1.54, 1.807) is 13.2 Å². The molecule has 23 heavy (non-hydrogen) atoms. The fraction of sp³-hybridized carbons (Fsp3) is 0.0500. The number of phenolic OH excluding ortho intramolecular Hbond substituents is 1. The zero-order valence-corrected chi connectivity index (χ0v) is 12.7. The van der Waals surface area contributed by atoms with Crippen LogP contribution in [0.5, 0.6) is 5.75 Å². The van der Waals surface area contributed by atoms with Crippen LogP contribution in [-0.4, -0.2) is 11.4 Å². The topological polar surface area (TPSA) is 50.4 Å². The van der Waals surface area contributed by atoms with Crippen LogP contribution in [0.15, 0.2) is 71.4 Å². The summed E-state index contributed by atoms with van der Waals surface area (Å²) in [5.74, 6) is 5.54. The molecular weight excluding hydrogens is 288 g/mol. The first-order valence-electron chi connectivity index (χ1n) is 6.98. The maximum absolute atomic E-state index is 10.5. The molecule has 2 aromatic carbocycles. The maximum Gasteiger partial charge on any atom is 0.150 e. The molecule has 0 aliphatic carbocycles. The van der Waals surface area contributed by atoms with E-state index in [0.717, 1.165) is 11.0 Å². The lowest BCUT2D eigenvalue weighted by Crippen LogP contribution is -1.83. The number of phenols is 1. The molecular formula is C20H16O3. The van der Waals surface area contributed by atoms with E-state index < -0.39 is 0 Å². The zero-order valence-electron chi connectivity index (χ0n) is 12.7. The van der Waals surface area contributed by atoms with Gasteiger partial charge in [0.05, 0.1) is 11.8 Å². The number of aldehydes is 1. The summed E-state index contributed by atoms with van der Waals surface area (Å²) in [5.41, 5.74) is 2.60. The minimum atomic E-state index is 0.0735. The van der Waals surface area contributed by atoms with Crippen molar-refractivity contribution < 1.29 is 14.3 Å². The Morgan fingerprint density at radius 2 is 2.00 bits per heavy atom. The summed E-state index contributed by atoms with van der Waals surface area (Å²) in [5, 5.41) is 10.6. The van der Waals surface area contributed by atoms with Crippen molar-refractivity contribution in [3.8, 4) is 17.6 Å². The fourth-order valence-electron chi connectivity index (χ4n) is 1.81. The van der Waals surface area contributed by atoms with E-state index in [1.807, 2.05) is 30.3 Å². The van der Waals surface area contributed by atoms with Gasteiger partial charge in [0.1, 0.15) is 17.6 Å². The van der Waals surface area contributed by atoms with E-state index in [2.05, 4.69) is 18.4 Å². The third-order valence-electron chi connectivity index (χ3n) is 2.93. The van der Waals surface area contributed by atoms with Gasteiger partial charge in [0.15, 0.2) is 0 Å². The molecule has 3 nitrogen and oxygen atoms in total. The summed E-state index contributed by atoms with van der Waals surface area (Å²) >= 11 is 0. The molecule has 0 bridgehead atoms. The standard InChI is InChI=1S/C12H10O2.C8H6O/c1-9(2)3-5-11-7-10(8-13)4-6-12(11)14;1-2-4-8-7(3-1)5-6-9-8/h4,6-8,14H,1H2,2H3;1-6H. The molecule has 1 heterocycles. The van der Waals surface area contributed by atoms with Crippen LogP contribution >= 0.6 is 0 Å². The molecule has 3 heteroatoms. The van der Waals surface area contributed by atoms with Gasteiger partial charge in [0, 0.05) is 10.9 Å². The number of furan rings is 1. The van der Waals surface area contributed by atoms with Gasteiger partial charge in [-0.3, -0.25) is 4.79 Å². The predicted molar refractivity (Wildman–Crippen MR) is 91.4 cm³/mol. The van der Waals surface area contributed by atoms with Crippen LogP contribution in [0.1, 0.15) is 22.8 Å². The summed E-state index contributed by atoms with van der Waals surface area (Å²) in [6, 6.07) is 14.4. The zero-order chi connectivity index (χ0) is 16.7. The Kier molecular flexibility index (Phi) is 5.38. The lowest BCUT2D eigenvalue weighted by Gasteiger charge is -1.96. The second-order valence-electron chi connectivity index (χ2n) is 4.88. The van der Waals surface area contributed by atoms with Crippen molar-refractivity contribution in [3.05, 3.63) is 78.1 Å². The second-order valence-corrected chi connectivity index (χ2v) is 4.88. The summed E-state index contributed by atoms with van der Waals surface area (Å²) in [7, 11) is 0. The first kappa shape index (κ1) is 16.1. The number of benzene rings is 2. The molecule has 0 amide bonds. The maximum atomic E-state index is 10.5. The van der Waals surface area contributed by atoms with Crippen molar-refractivity contribution in [2.24, 2.45) is 0 Å². The fourth-order valence-corrected chi connectivity index (χ4v) is 1.81. The van der Waals surface area contributed by atoms with E-state index in [4.69, 9.17) is 4.42 Å². The summed E-state index contributed by atoms with van der Waals surface area (Å²) in [6.45, 7) is 5.39. The molecule has 0 fully saturated rings. The van der Waals surface area contributed by atoms with Crippen LogP contribution in [0.3, 0.4) is 0 Å². The number of hydrogen-bond donors (Lipinski definition) is 1. The molecule has 1 N–H and O–H groups in total. The Balaban J connectivity index is 0.000000182. The smallest absolute Gasteiger partial charge is 0.150 e. The third kappa shape index (κ3) is 4.62. The van der Waals surface area contributed by atoms with Gasteiger partial charge in [-0.15, -0.1) is 0 Å². The highest BCUT2D eigenvalue weighted by molar-refractivity contribution is 5.77. The molecule has 0 saturated carbocycles. The second kappa shape index (κ2) is 7.67. The van der Waals surface area contributed by atoms with Gasteiger partial charge >= 0.3 is 0 Å². The van der Waals surface area contributed by atoms with Crippen LogP contribution in [0.2, 0.25) is 0 Å². The van der Waals surface area contributed by atoms with Gasteiger partial charge in [-0.2, -0.15) is 0 Å². The van der Waals surface area contributed by atoms with Gasteiger partial charge in [-0.1, -0.05) is 36.6 Å². The molecule has 3 aromatic rings. The number of carbonyl (C=O) groups excluding carboxylic acids is 1. The average Bonchev–Trinajstić information content (AvgIpc) is 3.03. The quantitative estimate of drug-likeness (QED) is 0.529. The largest absolute Gasteiger partial charge is 0.507 e. The lowest BCUT2D eigenvalue weighted by molar-refractivity contribution is 0.112. The highest BCUT2D eigenvalue weighted by Gasteiger charge is 1.98. The van der Waals surface area contributed by atoms with Crippen LogP contribution in [0.4, 0.5) is 0 Å². The van der Waals surface area contributed by atoms with Gasteiger partial charge < -0.3 is 9.52 Å². The first-order chi connectivity index (χ1) is 11.1. The summed E-state index contributed by atoms with van der Waals surface area (Å²) in [6.07, 6.45) is 2.41. The number of para-hydroxylation sites is 1. The van der Waals surface area contributed by atoms with Crippen molar-refractivity contribution in [1.82, 2.24) is 0 Å². The Labute approximate surface area is 134 Å². The third-order valence-corrected chi connectivity index (χ3v) is 2.93. The normalized spacial score (nSPS) is 9.26. The molecule has 0 spiro atoms.